The summed E-state index contributed by atoms with van der Waals surface area (Å²) in [6.07, 6.45) is 2.64. The van der Waals surface area contributed by atoms with Gasteiger partial charge in [0.15, 0.2) is 0 Å². The molecule has 1 saturated heterocycles. The molecule has 0 radical (unpaired) electrons. The molecule has 2 aliphatic rings. The molecule has 0 aliphatic carbocycles. The summed E-state index contributed by atoms with van der Waals surface area (Å²) in [4.78, 5) is 33.2. The van der Waals surface area contributed by atoms with Gasteiger partial charge in [-0.15, -0.1) is 0 Å². The van der Waals surface area contributed by atoms with Crippen LogP contribution in [0.4, 0.5) is 0 Å². The molecule has 8 heteroatoms. The first kappa shape index (κ1) is 21.1. The minimum atomic E-state index is -0.0977. The van der Waals surface area contributed by atoms with Gasteiger partial charge in [-0.05, 0) is 24.1 Å². The maximum atomic E-state index is 13.0. The third-order valence-electron chi connectivity index (χ3n) is 5.58. The Morgan fingerprint density at radius 2 is 1.87 bits per heavy atom. The molecule has 0 unspecified atom stereocenters. The number of methoxy groups -OCH3 is 1. The molecule has 0 spiro atoms. The molecular weight excluding hydrogens is 398 g/mol. The second kappa shape index (κ2) is 9.78. The summed E-state index contributed by atoms with van der Waals surface area (Å²) in [6, 6.07) is 9.37. The van der Waals surface area contributed by atoms with Crippen molar-refractivity contribution in [3.05, 3.63) is 53.2 Å². The van der Waals surface area contributed by atoms with Crippen LogP contribution in [0.1, 0.15) is 27.9 Å². The number of aryl methyl sites for hydroxylation is 1. The van der Waals surface area contributed by atoms with Gasteiger partial charge in [0.2, 0.25) is 11.8 Å². The van der Waals surface area contributed by atoms with E-state index >= 15 is 0 Å². The van der Waals surface area contributed by atoms with Crippen molar-refractivity contribution in [1.82, 2.24) is 14.8 Å². The van der Waals surface area contributed by atoms with Gasteiger partial charge in [-0.2, -0.15) is 0 Å². The standard InChI is InChI=1S/C23H27N3O5/c1-29-21-6-4-18(15-24-21)23(28)26-10-13-31-20-5-2-17(14-19(20)16-26)3-7-22(27)25-8-11-30-12-9-25/h2,4-6,14-15H,3,7-13,16H2,1H3. The average Bonchev–Trinajstić information content (AvgIpc) is 3.04. The lowest BCUT2D eigenvalue weighted by atomic mass is 10.0. The molecule has 4 rings (SSSR count). The molecule has 164 valence electrons. The Hall–Kier alpha value is -3.13. The second-order valence-corrected chi connectivity index (χ2v) is 7.60. The lowest BCUT2D eigenvalue weighted by Crippen LogP contribution is -2.40. The molecule has 3 heterocycles. The number of ether oxygens (including phenoxy) is 3. The van der Waals surface area contributed by atoms with Gasteiger partial charge in [0.25, 0.3) is 5.91 Å². The molecule has 2 aliphatic heterocycles. The van der Waals surface area contributed by atoms with Gasteiger partial charge in [-0.1, -0.05) is 12.1 Å². The fourth-order valence-electron chi connectivity index (χ4n) is 3.81. The Balaban J connectivity index is 1.42. The number of benzene rings is 1. The van der Waals surface area contributed by atoms with Gasteiger partial charge in [-0.3, -0.25) is 9.59 Å². The number of rotatable bonds is 5. The van der Waals surface area contributed by atoms with E-state index in [4.69, 9.17) is 14.2 Å². The van der Waals surface area contributed by atoms with Gasteiger partial charge in [0.05, 0.1) is 32.4 Å². The first-order chi connectivity index (χ1) is 15.1. The van der Waals surface area contributed by atoms with Crippen LogP contribution in [0.5, 0.6) is 11.6 Å². The molecule has 0 bridgehead atoms. The second-order valence-electron chi connectivity index (χ2n) is 7.60. The number of aromatic nitrogens is 1. The SMILES string of the molecule is COc1ccc(C(=O)N2CCOc3ccc(CCC(=O)N4CCOCC4)cc3C2)cn1. The van der Waals surface area contributed by atoms with E-state index in [1.54, 1.807) is 24.1 Å². The highest BCUT2D eigenvalue weighted by molar-refractivity contribution is 5.94. The minimum absolute atomic E-state index is 0.0977. The first-order valence-electron chi connectivity index (χ1n) is 10.5. The molecule has 2 aromatic rings. The Bertz CT molecular complexity index is 925. The van der Waals surface area contributed by atoms with E-state index in [9.17, 15) is 9.59 Å². The number of nitrogens with zero attached hydrogens (tertiary/aromatic N) is 3. The Morgan fingerprint density at radius 3 is 2.61 bits per heavy atom. The van der Waals surface area contributed by atoms with E-state index in [0.717, 1.165) is 16.9 Å². The van der Waals surface area contributed by atoms with Crippen LogP contribution in [0, 0.1) is 0 Å². The van der Waals surface area contributed by atoms with E-state index in [-0.39, 0.29) is 11.8 Å². The van der Waals surface area contributed by atoms with Gasteiger partial charge in [0, 0.05) is 43.9 Å². The maximum absolute atomic E-state index is 13.0. The van der Waals surface area contributed by atoms with Crippen molar-refractivity contribution in [2.24, 2.45) is 0 Å². The molecule has 0 atom stereocenters. The summed E-state index contributed by atoms with van der Waals surface area (Å²) in [5, 5.41) is 0. The van der Waals surface area contributed by atoms with Crippen molar-refractivity contribution in [3.8, 4) is 11.6 Å². The zero-order valence-corrected chi connectivity index (χ0v) is 17.7. The summed E-state index contributed by atoms with van der Waals surface area (Å²) in [5.41, 5.74) is 2.52. The van der Waals surface area contributed by atoms with Crippen molar-refractivity contribution >= 4 is 11.8 Å². The topological polar surface area (TPSA) is 81.2 Å². The minimum Gasteiger partial charge on any atom is -0.491 e. The number of pyridine rings is 1. The molecule has 8 nitrogen and oxygen atoms in total. The molecule has 1 aromatic heterocycles. The Morgan fingerprint density at radius 1 is 1.06 bits per heavy atom. The predicted molar refractivity (Wildman–Crippen MR) is 113 cm³/mol. The van der Waals surface area contributed by atoms with E-state index in [0.29, 0.717) is 70.3 Å². The van der Waals surface area contributed by atoms with Crippen LogP contribution in [-0.2, 0) is 22.5 Å². The van der Waals surface area contributed by atoms with Crippen LogP contribution in [0.15, 0.2) is 36.5 Å². The van der Waals surface area contributed by atoms with Crippen molar-refractivity contribution < 1.29 is 23.8 Å². The third-order valence-corrected chi connectivity index (χ3v) is 5.58. The van der Waals surface area contributed by atoms with Crippen LogP contribution < -0.4 is 9.47 Å². The number of morpholine rings is 1. The molecular formula is C23H27N3O5. The fraction of sp³-hybridized carbons (Fsp3) is 0.435. The Labute approximate surface area is 181 Å². The molecule has 0 saturated carbocycles. The average molecular weight is 425 g/mol. The first-order valence-corrected chi connectivity index (χ1v) is 10.5. The van der Waals surface area contributed by atoms with E-state index in [1.807, 2.05) is 23.1 Å². The summed E-state index contributed by atoms with van der Waals surface area (Å²) < 4.78 is 16.2. The van der Waals surface area contributed by atoms with Gasteiger partial charge >= 0.3 is 0 Å². The van der Waals surface area contributed by atoms with Crippen LogP contribution in [-0.4, -0.2) is 73.2 Å². The monoisotopic (exact) mass is 425 g/mol. The number of carbonyl (C=O) groups is 2. The number of amides is 2. The molecule has 1 fully saturated rings. The Kier molecular flexibility index (Phi) is 6.66. The lowest BCUT2D eigenvalue weighted by Gasteiger charge is -2.26. The molecule has 1 aromatic carbocycles. The van der Waals surface area contributed by atoms with E-state index < -0.39 is 0 Å². The highest BCUT2D eigenvalue weighted by Crippen LogP contribution is 2.26. The molecule has 31 heavy (non-hydrogen) atoms. The summed E-state index contributed by atoms with van der Waals surface area (Å²) >= 11 is 0. The molecule has 0 N–H and O–H groups in total. The van der Waals surface area contributed by atoms with Gasteiger partial charge in [0.1, 0.15) is 12.4 Å². The maximum Gasteiger partial charge on any atom is 0.255 e. The normalized spacial score (nSPS) is 16.2. The highest BCUT2D eigenvalue weighted by atomic mass is 16.5. The number of hydrogen-bond donors (Lipinski definition) is 0. The third kappa shape index (κ3) is 5.14. The van der Waals surface area contributed by atoms with Crippen molar-refractivity contribution in [2.75, 3.05) is 46.6 Å². The van der Waals surface area contributed by atoms with E-state index in [2.05, 4.69) is 4.98 Å². The predicted octanol–water partition coefficient (Wildman–Crippen LogP) is 1.92. The molecule has 2 amide bonds. The van der Waals surface area contributed by atoms with Crippen molar-refractivity contribution in [2.45, 2.75) is 19.4 Å². The number of carbonyl (C=O) groups excluding carboxylic acids is 2. The van der Waals surface area contributed by atoms with Crippen molar-refractivity contribution in [3.63, 3.8) is 0 Å². The van der Waals surface area contributed by atoms with Crippen LogP contribution in [0.3, 0.4) is 0 Å². The fourth-order valence-corrected chi connectivity index (χ4v) is 3.81. The van der Waals surface area contributed by atoms with Gasteiger partial charge < -0.3 is 24.0 Å². The van der Waals surface area contributed by atoms with Crippen LogP contribution >= 0.6 is 0 Å². The van der Waals surface area contributed by atoms with Crippen molar-refractivity contribution in [1.29, 1.82) is 0 Å². The summed E-state index contributed by atoms with van der Waals surface area (Å²) in [7, 11) is 1.54. The number of hydrogen-bond acceptors (Lipinski definition) is 6. The van der Waals surface area contributed by atoms with Gasteiger partial charge in [-0.25, -0.2) is 4.98 Å². The quantitative estimate of drug-likeness (QED) is 0.728. The van der Waals surface area contributed by atoms with E-state index in [1.165, 1.54) is 6.20 Å². The van der Waals surface area contributed by atoms with Crippen LogP contribution in [0.2, 0.25) is 0 Å². The summed E-state index contributed by atoms with van der Waals surface area (Å²) in [6.45, 7) is 3.90. The smallest absolute Gasteiger partial charge is 0.255 e. The van der Waals surface area contributed by atoms with Crippen LogP contribution in [0.25, 0.3) is 0 Å². The highest BCUT2D eigenvalue weighted by Gasteiger charge is 2.22. The summed E-state index contributed by atoms with van der Waals surface area (Å²) in [5.74, 6) is 1.31. The zero-order chi connectivity index (χ0) is 21.6. The number of fused-ring (bicyclic) bond motifs is 1. The zero-order valence-electron chi connectivity index (χ0n) is 17.7. The lowest BCUT2D eigenvalue weighted by molar-refractivity contribution is -0.135. The largest absolute Gasteiger partial charge is 0.491 e.